The zero-order valence-electron chi connectivity index (χ0n) is 20.2. The lowest BCUT2D eigenvalue weighted by molar-refractivity contribution is -0.115. The quantitative estimate of drug-likeness (QED) is 0.474. The molecule has 3 saturated heterocycles. The van der Waals surface area contributed by atoms with E-state index in [2.05, 4.69) is 15.3 Å². The maximum absolute atomic E-state index is 14.1. The second kappa shape index (κ2) is 10.7. The number of pyridine rings is 1. The fraction of sp³-hybridized carbons (Fsp3) is 0.583. The molecule has 3 aliphatic rings. The number of hydrogen-bond acceptors (Lipinski definition) is 7. The molecular weight excluding hydrogens is 533 g/mol. The molecule has 206 valence electrons. The van der Waals surface area contributed by atoms with Crippen molar-refractivity contribution in [2.24, 2.45) is 0 Å². The molecule has 0 unspecified atom stereocenters. The van der Waals surface area contributed by atoms with Gasteiger partial charge in [-0.1, -0.05) is 0 Å². The molecule has 0 spiro atoms. The average Bonchev–Trinajstić information content (AvgIpc) is 3.62. The van der Waals surface area contributed by atoms with E-state index in [1.165, 1.54) is 0 Å². The highest BCUT2D eigenvalue weighted by Gasteiger charge is 2.44. The van der Waals surface area contributed by atoms with Gasteiger partial charge in [0.25, 0.3) is 18.2 Å². The molecule has 2 amide bonds. The van der Waals surface area contributed by atoms with Gasteiger partial charge in [0, 0.05) is 48.7 Å². The second-order valence-corrected chi connectivity index (χ2v) is 10.7. The second-order valence-electron chi connectivity index (χ2n) is 9.66. The Morgan fingerprint density at radius 3 is 2.37 bits per heavy atom. The van der Waals surface area contributed by atoms with Gasteiger partial charge in [0.1, 0.15) is 18.1 Å². The largest absolute Gasteiger partial charge is 0.405 e. The van der Waals surface area contributed by atoms with E-state index < -0.39 is 36.5 Å². The highest BCUT2D eigenvalue weighted by Crippen LogP contribution is 2.42. The normalized spacial score (nSPS) is 21.8. The molecule has 5 heterocycles. The molecule has 8 nitrogen and oxygen atoms in total. The van der Waals surface area contributed by atoms with Gasteiger partial charge in [-0.2, -0.15) is 13.2 Å². The van der Waals surface area contributed by atoms with Crippen molar-refractivity contribution >= 4 is 29.0 Å². The Balaban J connectivity index is 1.51. The number of aromatic nitrogens is 2. The van der Waals surface area contributed by atoms with E-state index in [0.29, 0.717) is 26.1 Å². The van der Waals surface area contributed by atoms with Gasteiger partial charge in [-0.25, -0.2) is 18.7 Å². The van der Waals surface area contributed by atoms with E-state index >= 15 is 0 Å². The van der Waals surface area contributed by atoms with Crippen LogP contribution in [0.2, 0.25) is 0 Å². The molecule has 3 fully saturated rings. The summed E-state index contributed by atoms with van der Waals surface area (Å²) in [6.07, 6.45) is -2.04. The fourth-order valence-corrected chi connectivity index (χ4v) is 6.32. The maximum Gasteiger partial charge on any atom is 0.405 e. The minimum absolute atomic E-state index is 0.0307. The van der Waals surface area contributed by atoms with Crippen molar-refractivity contribution in [1.82, 2.24) is 20.2 Å². The summed E-state index contributed by atoms with van der Waals surface area (Å²) in [6, 6.07) is 0.752. The van der Waals surface area contributed by atoms with Crippen LogP contribution in [0.25, 0.3) is 10.4 Å². The molecule has 2 aromatic heterocycles. The number of carbonyl (C=O) groups excluding carboxylic acids is 2. The molecule has 2 N–H and O–H groups in total. The van der Waals surface area contributed by atoms with Crippen LogP contribution in [0.5, 0.6) is 0 Å². The first-order valence-electron chi connectivity index (χ1n) is 12.4. The summed E-state index contributed by atoms with van der Waals surface area (Å²) < 4.78 is 71.4. The van der Waals surface area contributed by atoms with Gasteiger partial charge in [0.05, 0.1) is 4.88 Å². The van der Waals surface area contributed by atoms with Crippen LogP contribution in [-0.2, 0) is 4.74 Å². The zero-order chi connectivity index (χ0) is 27.0. The standard InChI is InChI=1S/C24H26F5N5O3S/c25-20(26)15-9-17(31-11-24(27,28)29)30-10-16(15)19-18(23(36)34-13-1-2-14(34)4-3-13)33-22(38-19)21(35)32-12-5-7-37-8-6-12/h9-10,12-14,20H,1-8,11H2,(H,30,31)(H,32,35). The van der Waals surface area contributed by atoms with Crippen molar-refractivity contribution in [2.75, 3.05) is 25.1 Å². The van der Waals surface area contributed by atoms with Gasteiger partial charge >= 0.3 is 6.18 Å². The van der Waals surface area contributed by atoms with E-state index in [0.717, 1.165) is 49.3 Å². The number of thiazole rings is 1. The minimum Gasteiger partial charge on any atom is -0.381 e. The van der Waals surface area contributed by atoms with E-state index in [-0.39, 0.29) is 45.1 Å². The molecule has 3 aliphatic heterocycles. The van der Waals surface area contributed by atoms with Crippen LogP contribution in [-0.4, -0.2) is 70.7 Å². The maximum atomic E-state index is 14.1. The summed E-state index contributed by atoms with van der Waals surface area (Å²) in [5, 5.41) is 4.81. The minimum atomic E-state index is -4.57. The number of rotatable bonds is 7. The van der Waals surface area contributed by atoms with Gasteiger partial charge in [0.15, 0.2) is 5.01 Å². The lowest BCUT2D eigenvalue weighted by Crippen LogP contribution is -2.39. The summed E-state index contributed by atoms with van der Waals surface area (Å²) in [7, 11) is 0. The molecule has 38 heavy (non-hydrogen) atoms. The molecule has 5 rings (SSSR count). The predicted molar refractivity (Wildman–Crippen MR) is 128 cm³/mol. The molecule has 0 aliphatic carbocycles. The number of ether oxygens (including phenoxy) is 1. The topological polar surface area (TPSA) is 96.4 Å². The van der Waals surface area contributed by atoms with E-state index in [1.807, 2.05) is 5.32 Å². The fourth-order valence-electron chi connectivity index (χ4n) is 5.33. The number of hydrogen-bond donors (Lipinski definition) is 2. The number of nitrogens with one attached hydrogen (secondary N) is 2. The Kier molecular flexibility index (Phi) is 7.54. The summed E-state index contributed by atoms with van der Waals surface area (Å²) in [5.41, 5.74) is -0.871. The summed E-state index contributed by atoms with van der Waals surface area (Å²) in [6.45, 7) is -0.456. The van der Waals surface area contributed by atoms with Crippen molar-refractivity contribution < 1.29 is 36.3 Å². The molecule has 2 aromatic rings. The first-order valence-corrected chi connectivity index (χ1v) is 13.2. The Morgan fingerprint density at radius 1 is 1.11 bits per heavy atom. The van der Waals surface area contributed by atoms with E-state index in [9.17, 15) is 31.5 Å². The van der Waals surface area contributed by atoms with Crippen LogP contribution in [0, 0.1) is 0 Å². The van der Waals surface area contributed by atoms with E-state index in [4.69, 9.17) is 4.74 Å². The molecular formula is C24H26F5N5O3S. The van der Waals surface area contributed by atoms with Gasteiger partial charge in [-0.3, -0.25) is 9.59 Å². The Morgan fingerprint density at radius 2 is 1.76 bits per heavy atom. The highest BCUT2D eigenvalue weighted by atomic mass is 32.1. The van der Waals surface area contributed by atoms with Gasteiger partial charge in [-0.05, 0) is 44.6 Å². The van der Waals surface area contributed by atoms with E-state index in [1.54, 1.807) is 4.90 Å². The SMILES string of the molecule is O=C(NC1CCOCC1)c1nc(C(=O)N2C3CCC2CC3)c(-c2cnc(NCC(F)(F)F)cc2C(F)F)s1. The van der Waals surface area contributed by atoms with Crippen molar-refractivity contribution in [3.05, 3.63) is 28.5 Å². The lowest BCUT2D eigenvalue weighted by Gasteiger charge is -2.22. The molecule has 0 aromatic carbocycles. The molecule has 0 saturated carbocycles. The number of carbonyl (C=O) groups is 2. The number of anilines is 1. The third-order valence-corrected chi connectivity index (χ3v) is 8.24. The van der Waals surface area contributed by atoms with Crippen molar-refractivity contribution in [3.63, 3.8) is 0 Å². The van der Waals surface area contributed by atoms with Crippen molar-refractivity contribution in [1.29, 1.82) is 0 Å². The Hall–Kier alpha value is -2.87. The predicted octanol–water partition coefficient (Wildman–Crippen LogP) is 4.79. The molecule has 2 bridgehead atoms. The monoisotopic (exact) mass is 559 g/mol. The Labute approximate surface area is 219 Å². The first kappa shape index (κ1) is 26.7. The third kappa shape index (κ3) is 5.60. The summed E-state index contributed by atoms with van der Waals surface area (Å²) in [4.78, 5) is 36.7. The number of alkyl halides is 5. The van der Waals surface area contributed by atoms with Crippen molar-refractivity contribution in [2.45, 2.75) is 69.3 Å². The number of halogens is 5. The third-order valence-electron chi connectivity index (χ3n) is 7.15. The van der Waals surface area contributed by atoms with Gasteiger partial charge < -0.3 is 20.3 Å². The first-order chi connectivity index (χ1) is 18.1. The van der Waals surface area contributed by atoms with Crippen molar-refractivity contribution in [3.8, 4) is 10.4 Å². The van der Waals surface area contributed by atoms with Crippen LogP contribution >= 0.6 is 11.3 Å². The van der Waals surface area contributed by atoms with Crippen LogP contribution in [0.3, 0.4) is 0 Å². The number of fused-ring (bicyclic) bond motifs is 2. The van der Waals surface area contributed by atoms with Crippen LogP contribution < -0.4 is 10.6 Å². The zero-order valence-corrected chi connectivity index (χ0v) is 21.0. The number of amides is 2. The molecule has 14 heteroatoms. The summed E-state index contributed by atoms with van der Waals surface area (Å²) in [5.74, 6) is -1.35. The average molecular weight is 560 g/mol. The highest BCUT2D eigenvalue weighted by molar-refractivity contribution is 7.17. The van der Waals surface area contributed by atoms with Gasteiger partial charge in [0.2, 0.25) is 0 Å². The van der Waals surface area contributed by atoms with Crippen LogP contribution in [0.1, 0.15) is 70.8 Å². The summed E-state index contributed by atoms with van der Waals surface area (Å²) >= 11 is 0.799. The van der Waals surface area contributed by atoms with Gasteiger partial charge in [-0.15, -0.1) is 11.3 Å². The Bertz CT molecular complexity index is 1180. The lowest BCUT2D eigenvalue weighted by atomic mass is 10.0. The van der Waals surface area contributed by atoms with Crippen LogP contribution in [0.4, 0.5) is 27.8 Å². The molecule has 0 atom stereocenters. The molecule has 0 radical (unpaired) electrons. The smallest absolute Gasteiger partial charge is 0.381 e. The number of nitrogens with zero attached hydrogens (tertiary/aromatic N) is 3. The van der Waals surface area contributed by atoms with Crippen LogP contribution in [0.15, 0.2) is 12.3 Å².